The van der Waals surface area contributed by atoms with Crippen LogP contribution in [-0.2, 0) is 15.6 Å². The summed E-state index contributed by atoms with van der Waals surface area (Å²) in [7, 11) is 0. The number of aryl methyl sites for hydroxylation is 1. The van der Waals surface area contributed by atoms with Crippen molar-refractivity contribution in [2.75, 3.05) is 49.2 Å². The van der Waals surface area contributed by atoms with Crippen LogP contribution >= 0.6 is 0 Å². The van der Waals surface area contributed by atoms with Gasteiger partial charge in [0.05, 0.1) is 13.2 Å². The number of rotatable bonds is 2. The average molecular weight is 479 g/mol. The van der Waals surface area contributed by atoms with Gasteiger partial charge in [0.15, 0.2) is 0 Å². The molecule has 0 atom stereocenters. The Balaban J connectivity index is 0.000000196. The van der Waals surface area contributed by atoms with E-state index in [-0.39, 0.29) is 10.8 Å². The van der Waals surface area contributed by atoms with Crippen LogP contribution < -0.4 is 9.80 Å². The summed E-state index contributed by atoms with van der Waals surface area (Å²) in [6, 6.07) is 16.0. The topological polar surface area (TPSA) is 15.7 Å². The first-order chi connectivity index (χ1) is 16.3. The summed E-state index contributed by atoms with van der Waals surface area (Å²) < 4.78 is 5.40. The summed E-state index contributed by atoms with van der Waals surface area (Å²) in [5.74, 6) is 0. The van der Waals surface area contributed by atoms with E-state index in [1.165, 1.54) is 54.0 Å². The molecule has 2 aliphatic rings. The van der Waals surface area contributed by atoms with Gasteiger partial charge in [-0.25, -0.2) is 0 Å². The summed E-state index contributed by atoms with van der Waals surface area (Å²) >= 11 is 0. The SMILES string of the molecule is CC1(C)CCN(c2ccc(C(C)(C)C)cc2)CC1.Cc1cc(C(C)(C)C)ccc1N1CCOCC1. The lowest BCUT2D eigenvalue weighted by Gasteiger charge is -2.38. The zero-order valence-corrected chi connectivity index (χ0v) is 24.0. The molecule has 0 spiro atoms. The average Bonchev–Trinajstić information content (AvgIpc) is 2.79. The molecule has 3 heteroatoms. The maximum atomic E-state index is 5.40. The molecule has 2 aromatic rings. The Kier molecular flexibility index (Phi) is 8.63. The molecule has 0 aliphatic carbocycles. The lowest BCUT2D eigenvalue weighted by atomic mass is 9.82. The van der Waals surface area contributed by atoms with Crippen molar-refractivity contribution in [1.82, 2.24) is 0 Å². The summed E-state index contributed by atoms with van der Waals surface area (Å²) in [6.45, 7) is 26.7. The molecule has 194 valence electrons. The number of hydrogen-bond donors (Lipinski definition) is 0. The standard InChI is InChI=1S/C17H27N.C15H23NO/c1-16(2,3)14-6-8-15(9-7-14)18-12-10-17(4,5)11-13-18;1-12-11-13(15(2,3)4)5-6-14(12)16-7-9-17-10-8-16/h6-9H,10-13H2,1-5H3;5-6,11H,7-10H2,1-4H3. The van der Waals surface area contributed by atoms with E-state index < -0.39 is 0 Å². The van der Waals surface area contributed by atoms with Gasteiger partial charge in [-0.1, -0.05) is 79.7 Å². The third kappa shape index (κ3) is 7.74. The smallest absolute Gasteiger partial charge is 0.0642 e. The first kappa shape index (κ1) is 27.6. The number of piperidine rings is 1. The first-order valence-electron chi connectivity index (χ1n) is 13.6. The maximum absolute atomic E-state index is 5.40. The Labute approximate surface area is 215 Å². The largest absolute Gasteiger partial charge is 0.378 e. The molecule has 0 N–H and O–H groups in total. The van der Waals surface area contributed by atoms with Crippen molar-refractivity contribution in [2.45, 2.75) is 86.0 Å². The van der Waals surface area contributed by atoms with E-state index in [1.54, 1.807) is 0 Å². The molecule has 2 fully saturated rings. The molecule has 0 bridgehead atoms. The molecule has 4 rings (SSSR count). The van der Waals surface area contributed by atoms with E-state index in [2.05, 4.69) is 115 Å². The van der Waals surface area contributed by atoms with Gasteiger partial charge in [-0.05, 0) is 70.9 Å². The molecule has 0 aromatic heterocycles. The number of anilines is 2. The van der Waals surface area contributed by atoms with Crippen LogP contribution in [0.5, 0.6) is 0 Å². The third-order valence-electron chi connectivity index (χ3n) is 7.63. The highest BCUT2D eigenvalue weighted by Gasteiger charge is 2.25. The lowest BCUT2D eigenvalue weighted by Crippen LogP contribution is -2.37. The van der Waals surface area contributed by atoms with Gasteiger partial charge in [0, 0.05) is 37.6 Å². The Bertz CT molecular complexity index is 931. The van der Waals surface area contributed by atoms with Crippen LogP contribution in [0.1, 0.15) is 84.9 Å². The van der Waals surface area contributed by atoms with E-state index in [9.17, 15) is 0 Å². The molecule has 2 aliphatic heterocycles. The highest BCUT2D eigenvalue weighted by atomic mass is 16.5. The molecule has 0 radical (unpaired) electrons. The summed E-state index contributed by atoms with van der Waals surface area (Å²) in [5.41, 5.74) is 7.97. The molecule has 2 saturated heterocycles. The van der Waals surface area contributed by atoms with Crippen LogP contribution in [0.2, 0.25) is 0 Å². The molecule has 3 nitrogen and oxygen atoms in total. The van der Waals surface area contributed by atoms with Gasteiger partial charge in [0.25, 0.3) is 0 Å². The molecule has 0 amide bonds. The van der Waals surface area contributed by atoms with Gasteiger partial charge < -0.3 is 14.5 Å². The van der Waals surface area contributed by atoms with Crippen molar-refractivity contribution in [3.63, 3.8) is 0 Å². The second-order valence-electron chi connectivity index (χ2n) is 13.3. The Hall–Kier alpha value is -2.00. The second kappa shape index (κ2) is 10.9. The van der Waals surface area contributed by atoms with Gasteiger partial charge in [-0.3, -0.25) is 0 Å². The van der Waals surface area contributed by atoms with E-state index in [4.69, 9.17) is 4.74 Å². The van der Waals surface area contributed by atoms with Crippen molar-refractivity contribution < 1.29 is 4.74 Å². The van der Waals surface area contributed by atoms with Crippen molar-refractivity contribution in [1.29, 1.82) is 0 Å². The summed E-state index contributed by atoms with van der Waals surface area (Å²) in [6.07, 6.45) is 2.60. The Morgan fingerprint density at radius 2 is 1.20 bits per heavy atom. The fourth-order valence-electron chi connectivity index (χ4n) is 4.82. The number of nitrogens with zero attached hydrogens (tertiary/aromatic N) is 2. The fraction of sp³-hybridized carbons (Fsp3) is 0.625. The quantitative estimate of drug-likeness (QED) is 0.439. The minimum atomic E-state index is 0.230. The monoisotopic (exact) mass is 478 g/mol. The van der Waals surface area contributed by atoms with Gasteiger partial charge in [-0.15, -0.1) is 0 Å². The zero-order chi connectivity index (χ0) is 25.9. The molecule has 2 heterocycles. The van der Waals surface area contributed by atoms with E-state index in [0.29, 0.717) is 5.41 Å². The zero-order valence-electron chi connectivity index (χ0n) is 24.0. The van der Waals surface area contributed by atoms with Gasteiger partial charge in [0.2, 0.25) is 0 Å². The van der Waals surface area contributed by atoms with Crippen molar-refractivity contribution in [3.8, 4) is 0 Å². The Morgan fingerprint density at radius 3 is 1.69 bits per heavy atom. The minimum Gasteiger partial charge on any atom is -0.378 e. The van der Waals surface area contributed by atoms with E-state index in [0.717, 1.165) is 26.3 Å². The normalized spacial score (nSPS) is 18.7. The highest BCUT2D eigenvalue weighted by molar-refractivity contribution is 5.55. The number of hydrogen-bond acceptors (Lipinski definition) is 3. The molecule has 2 aromatic carbocycles. The molecule has 0 saturated carbocycles. The predicted octanol–water partition coefficient (Wildman–Crippen LogP) is 7.74. The highest BCUT2D eigenvalue weighted by Crippen LogP contribution is 2.33. The fourth-order valence-corrected chi connectivity index (χ4v) is 4.82. The van der Waals surface area contributed by atoms with Crippen LogP contribution in [0.3, 0.4) is 0 Å². The van der Waals surface area contributed by atoms with Crippen LogP contribution in [0, 0.1) is 12.3 Å². The van der Waals surface area contributed by atoms with Gasteiger partial charge in [0.1, 0.15) is 0 Å². The maximum Gasteiger partial charge on any atom is 0.0642 e. The number of ether oxygens (including phenoxy) is 1. The number of morpholine rings is 1. The third-order valence-corrected chi connectivity index (χ3v) is 7.63. The van der Waals surface area contributed by atoms with E-state index in [1.807, 2.05) is 0 Å². The molecule has 0 unspecified atom stereocenters. The molecular weight excluding hydrogens is 428 g/mol. The summed E-state index contributed by atoms with van der Waals surface area (Å²) in [4.78, 5) is 4.95. The van der Waals surface area contributed by atoms with Crippen LogP contribution in [0.15, 0.2) is 42.5 Å². The van der Waals surface area contributed by atoms with Crippen molar-refractivity contribution in [3.05, 3.63) is 59.2 Å². The van der Waals surface area contributed by atoms with Crippen molar-refractivity contribution in [2.24, 2.45) is 5.41 Å². The van der Waals surface area contributed by atoms with Crippen LogP contribution in [0.4, 0.5) is 11.4 Å². The molecule has 35 heavy (non-hydrogen) atoms. The van der Waals surface area contributed by atoms with Crippen molar-refractivity contribution >= 4 is 11.4 Å². The Morgan fingerprint density at radius 1 is 0.686 bits per heavy atom. The number of benzene rings is 2. The molecular formula is C32H50N2O. The minimum absolute atomic E-state index is 0.230. The first-order valence-corrected chi connectivity index (χ1v) is 13.6. The second-order valence-corrected chi connectivity index (χ2v) is 13.3. The summed E-state index contributed by atoms with van der Waals surface area (Å²) in [5, 5.41) is 0. The van der Waals surface area contributed by atoms with Crippen LogP contribution in [0.25, 0.3) is 0 Å². The van der Waals surface area contributed by atoms with Gasteiger partial charge >= 0.3 is 0 Å². The predicted molar refractivity (Wildman–Crippen MR) is 153 cm³/mol. The van der Waals surface area contributed by atoms with E-state index >= 15 is 0 Å². The van der Waals surface area contributed by atoms with Crippen LogP contribution in [-0.4, -0.2) is 39.4 Å². The van der Waals surface area contributed by atoms with Gasteiger partial charge in [-0.2, -0.15) is 0 Å². The lowest BCUT2D eigenvalue weighted by molar-refractivity contribution is 0.122.